The second-order valence-corrected chi connectivity index (χ2v) is 12.9. The molecule has 2 saturated heterocycles. The topological polar surface area (TPSA) is 77.5 Å². The minimum Gasteiger partial charge on any atom is -0.453 e. The van der Waals surface area contributed by atoms with E-state index in [0.29, 0.717) is 27.8 Å². The fourth-order valence-corrected chi connectivity index (χ4v) is 8.48. The van der Waals surface area contributed by atoms with Gasteiger partial charge in [-0.05, 0) is 21.9 Å². The summed E-state index contributed by atoms with van der Waals surface area (Å²) in [5.74, 6) is -5.14. The van der Waals surface area contributed by atoms with Crippen molar-refractivity contribution in [3.63, 3.8) is 0 Å². The number of carbonyl (C=O) groups excluding carboxylic acids is 4. The van der Waals surface area contributed by atoms with E-state index in [9.17, 15) is 0 Å². The lowest BCUT2D eigenvalue weighted by Crippen LogP contribution is -2.73. The Morgan fingerprint density at radius 3 is 1.57 bits per heavy atom. The Bertz CT molecular complexity index is 2210. The summed E-state index contributed by atoms with van der Waals surface area (Å²) in [6.45, 7) is 0. The van der Waals surface area contributed by atoms with Gasteiger partial charge in [-0.3, -0.25) is 19.2 Å². The molecule has 49 heavy (non-hydrogen) atoms. The third kappa shape index (κ3) is 4.61. The highest BCUT2D eigenvalue weighted by atomic mass is 16.6. The van der Waals surface area contributed by atoms with Gasteiger partial charge in [0.1, 0.15) is 11.0 Å². The first-order valence-electron chi connectivity index (χ1n) is 16.5. The Morgan fingerprint density at radius 1 is 0.510 bits per heavy atom. The lowest BCUT2D eigenvalue weighted by atomic mass is 9.43. The molecule has 238 valence electrons. The molecule has 3 aliphatic rings. The molecule has 6 aromatic rings. The lowest BCUT2D eigenvalue weighted by Gasteiger charge is -2.62. The van der Waals surface area contributed by atoms with Crippen LogP contribution in [0.25, 0.3) is 10.8 Å². The monoisotopic (exact) mass is 640 g/mol. The first kappa shape index (κ1) is 30.4. The molecule has 9 rings (SSSR count). The average molecular weight is 641 g/mol. The van der Waals surface area contributed by atoms with Crippen molar-refractivity contribution in [3.05, 3.63) is 192 Å². The summed E-state index contributed by atoms with van der Waals surface area (Å²) < 4.78 is 6.69. The van der Waals surface area contributed by atoms with E-state index in [1.54, 1.807) is 72.8 Å². The molecule has 0 spiro atoms. The summed E-state index contributed by atoms with van der Waals surface area (Å²) in [4.78, 5) is 61.0. The molecule has 5 atom stereocenters. The highest BCUT2D eigenvalue weighted by Gasteiger charge is 2.76. The largest absolute Gasteiger partial charge is 0.453 e. The molecule has 1 unspecified atom stereocenters. The van der Waals surface area contributed by atoms with Crippen LogP contribution in [0.1, 0.15) is 48.6 Å². The second-order valence-electron chi connectivity index (χ2n) is 12.9. The van der Waals surface area contributed by atoms with Gasteiger partial charge in [0.2, 0.25) is 0 Å². The number of ether oxygens (including phenoxy) is 1. The number of hydrogen-bond donors (Lipinski definition) is 0. The smallest absolute Gasteiger partial charge is 0.319 e. The van der Waals surface area contributed by atoms with Crippen LogP contribution in [0.15, 0.2) is 164 Å². The van der Waals surface area contributed by atoms with Gasteiger partial charge in [0.15, 0.2) is 17.3 Å². The minimum atomic E-state index is -1.84. The van der Waals surface area contributed by atoms with E-state index in [4.69, 9.17) is 4.74 Å². The number of hydrogen-bond acceptors (Lipinski definition) is 5. The molecule has 0 N–H and O–H groups in total. The molecule has 1 aliphatic carbocycles. The van der Waals surface area contributed by atoms with Crippen LogP contribution in [0.5, 0.6) is 0 Å². The van der Waals surface area contributed by atoms with E-state index in [-0.39, 0.29) is 23.8 Å². The molecular formula is C44H32O5. The lowest BCUT2D eigenvalue weighted by molar-refractivity contribution is -0.220. The van der Waals surface area contributed by atoms with Crippen LogP contribution in [0.3, 0.4) is 0 Å². The zero-order valence-corrected chi connectivity index (χ0v) is 26.6. The minimum absolute atomic E-state index is 0.0154. The zero-order valence-electron chi connectivity index (χ0n) is 26.6. The summed E-state index contributed by atoms with van der Waals surface area (Å²) in [6.07, 6.45) is 0.0154. The van der Waals surface area contributed by atoms with Gasteiger partial charge in [-0.15, -0.1) is 0 Å². The first-order valence-corrected chi connectivity index (χ1v) is 16.5. The summed E-state index contributed by atoms with van der Waals surface area (Å²) in [6, 6.07) is 48.9. The number of carbonyl (C=O) groups is 4. The van der Waals surface area contributed by atoms with Crippen molar-refractivity contribution in [1.82, 2.24) is 0 Å². The summed E-state index contributed by atoms with van der Waals surface area (Å²) in [5, 5.41) is 1.56. The van der Waals surface area contributed by atoms with Crippen LogP contribution in [-0.2, 0) is 20.5 Å². The number of benzene rings is 6. The molecule has 2 heterocycles. The van der Waals surface area contributed by atoms with E-state index in [0.717, 1.165) is 10.8 Å². The fourth-order valence-electron chi connectivity index (χ4n) is 8.48. The van der Waals surface area contributed by atoms with Crippen molar-refractivity contribution < 1.29 is 23.9 Å². The molecule has 0 radical (unpaired) electrons. The van der Waals surface area contributed by atoms with E-state index in [2.05, 4.69) is 0 Å². The molecule has 1 saturated carbocycles. The zero-order chi connectivity index (χ0) is 33.6. The first-order chi connectivity index (χ1) is 24.0. The van der Waals surface area contributed by atoms with Crippen molar-refractivity contribution in [1.29, 1.82) is 0 Å². The van der Waals surface area contributed by atoms with Gasteiger partial charge in [0.05, 0.1) is 11.8 Å². The number of fused-ring (bicyclic) bond motifs is 4. The van der Waals surface area contributed by atoms with Crippen LogP contribution >= 0.6 is 0 Å². The molecular weight excluding hydrogens is 608 g/mol. The van der Waals surface area contributed by atoms with Gasteiger partial charge in [0, 0.05) is 29.0 Å². The Hall–Kier alpha value is -5.94. The molecule has 0 amide bonds. The highest BCUT2D eigenvalue weighted by Crippen LogP contribution is 2.66. The van der Waals surface area contributed by atoms with Gasteiger partial charge in [0.25, 0.3) is 0 Å². The van der Waals surface area contributed by atoms with Crippen LogP contribution < -0.4 is 0 Å². The second kappa shape index (κ2) is 11.9. The van der Waals surface area contributed by atoms with Gasteiger partial charge in [-0.2, -0.15) is 0 Å². The maximum atomic E-state index is 15.4. The van der Waals surface area contributed by atoms with Crippen LogP contribution in [0.2, 0.25) is 0 Å². The van der Waals surface area contributed by atoms with Gasteiger partial charge in [-0.25, -0.2) is 0 Å². The molecule has 5 heteroatoms. The number of Topliss-reactive ketones (excluding diaryl/α,β-unsaturated/α-hetero) is 3. The van der Waals surface area contributed by atoms with Crippen LogP contribution in [-0.4, -0.2) is 23.3 Å². The molecule has 3 fully saturated rings. The molecule has 2 bridgehead atoms. The van der Waals surface area contributed by atoms with Crippen LogP contribution in [0.4, 0.5) is 0 Å². The van der Waals surface area contributed by atoms with E-state index < -0.39 is 34.7 Å². The third-order valence-corrected chi connectivity index (χ3v) is 10.5. The van der Waals surface area contributed by atoms with Crippen molar-refractivity contribution in [3.8, 4) is 0 Å². The average Bonchev–Trinajstić information content (AvgIpc) is 3.17. The standard InChI is InChI=1S/C44H32O5/c45-39(30-17-5-1-6-18-30)36-28-43(33-24-11-4-12-25-33)37(40(46)31-19-7-2-8-20-31)38(41(47)32-21-9-3-10-22-32)44(36,42(48)49-43)35-27-15-23-29-16-13-14-26-34(29)35/h1-27,36-38H,28H2/t36?,37-,38+,43+,44+/m1/s1. The Morgan fingerprint density at radius 2 is 0.980 bits per heavy atom. The predicted molar refractivity (Wildman–Crippen MR) is 187 cm³/mol. The molecule has 5 nitrogen and oxygen atoms in total. The Labute approximate surface area is 284 Å². The quantitative estimate of drug-likeness (QED) is 0.123. The van der Waals surface area contributed by atoms with Crippen LogP contribution in [0, 0.1) is 17.8 Å². The Balaban J connectivity index is 1.51. The van der Waals surface area contributed by atoms with Crippen molar-refractivity contribution in [2.45, 2.75) is 17.4 Å². The van der Waals surface area contributed by atoms with Gasteiger partial charge < -0.3 is 4.74 Å². The maximum Gasteiger partial charge on any atom is 0.319 e. The highest BCUT2D eigenvalue weighted by molar-refractivity contribution is 6.14. The van der Waals surface area contributed by atoms with E-state index >= 15 is 19.2 Å². The summed E-state index contributed by atoms with van der Waals surface area (Å²) in [7, 11) is 0. The van der Waals surface area contributed by atoms with Crippen molar-refractivity contribution in [2.24, 2.45) is 17.8 Å². The summed E-state index contributed by atoms with van der Waals surface area (Å²) >= 11 is 0. The third-order valence-electron chi connectivity index (χ3n) is 10.5. The number of rotatable bonds is 8. The number of esters is 1. The normalized spacial score (nSPS) is 24.2. The van der Waals surface area contributed by atoms with E-state index in [1.807, 2.05) is 91.0 Å². The molecule has 2 aliphatic heterocycles. The molecule has 6 aromatic carbocycles. The predicted octanol–water partition coefficient (Wildman–Crippen LogP) is 8.43. The van der Waals surface area contributed by atoms with Gasteiger partial charge >= 0.3 is 5.97 Å². The van der Waals surface area contributed by atoms with Crippen molar-refractivity contribution >= 4 is 34.1 Å². The summed E-state index contributed by atoms with van der Waals surface area (Å²) in [5.41, 5.74) is -1.20. The van der Waals surface area contributed by atoms with Crippen molar-refractivity contribution in [2.75, 3.05) is 0 Å². The SMILES string of the molecule is O=C(c1ccccc1)C1C[C@@]2(c3ccccc3)OC(=O)[C@]1(c1cccc3ccccc13)[C@H](C(=O)c1ccccc1)[C@@H]2C(=O)c1ccccc1. The van der Waals surface area contributed by atoms with E-state index in [1.165, 1.54) is 0 Å². The fraction of sp³-hybridized carbons (Fsp3) is 0.136. The maximum absolute atomic E-state index is 15.4. The Kier molecular flexibility index (Phi) is 7.41. The molecule has 0 aromatic heterocycles. The number of ketones is 3. The van der Waals surface area contributed by atoms with Gasteiger partial charge in [-0.1, -0.05) is 164 Å².